The van der Waals surface area contributed by atoms with Gasteiger partial charge in [-0.25, -0.2) is 0 Å². The van der Waals surface area contributed by atoms with Crippen molar-refractivity contribution >= 4 is 34.6 Å². The first kappa shape index (κ1) is 13.4. The lowest BCUT2D eigenvalue weighted by molar-refractivity contribution is 0.246. The van der Waals surface area contributed by atoms with E-state index in [1.54, 1.807) is 12.1 Å². The van der Waals surface area contributed by atoms with Crippen LogP contribution in [0, 0.1) is 0 Å². The summed E-state index contributed by atoms with van der Waals surface area (Å²) in [6.07, 6.45) is 0.992. The Bertz CT molecular complexity index is 621. The predicted octanol–water partition coefficient (Wildman–Crippen LogP) is 3.99. The summed E-state index contributed by atoms with van der Waals surface area (Å²) in [5.74, 6) is 0.960. The second kappa shape index (κ2) is 5.43. The molecule has 0 aromatic heterocycles. The molecule has 1 heterocycles. The van der Waals surface area contributed by atoms with Crippen LogP contribution in [0.5, 0.6) is 5.75 Å². The van der Waals surface area contributed by atoms with E-state index in [9.17, 15) is 0 Å². The van der Waals surface area contributed by atoms with Gasteiger partial charge in [0.05, 0.1) is 28.0 Å². The third kappa shape index (κ3) is 2.65. The summed E-state index contributed by atoms with van der Waals surface area (Å²) in [6.45, 7) is 0.664. The Balaban J connectivity index is 1.66. The highest BCUT2D eigenvalue weighted by Crippen LogP contribution is 2.32. The minimum absolute atomic E-state index is 0.0984. The molecule has 1 aliphatic heterocycles. The van der Waals surface area contributed by atoms with Crippen LogP contribution >= 0.6 is 23.2 Å². The van der Waals surface area contributed by atoms with Crippen LogP contribution in [0.4, 0.5) is 11.4 Å². The fourth-order valence-electron chi connectivity index (χ4n) is 2.31. The number of benzene rings is 2. The van der Waals surface area contributed by atoms with Gasteiger partial charge >= 0.3 is 0 Å². The third-order valence-corrected chi connectivity index (χ3v) is 4.05. The number of halogens is 2. The molecule has 5 heteroatoms. The smallest absolute Gasteiger partial charge is 0.123 e. The lowest BCUT2D eigenvalue weighted by Gasteiger charge is -2.15. The zero-order valence-electron chi connectivity index (χ0n) is 10.7. The van der Waals surface area contributed by atoms with Gasteiger partial charge in [-0.15, -0.1) is 0 Å². The maximum atomic E-state index is 6.00. The van der Waals surface area contributed by atoms with E-state index in [0.29, 0.717) is 22.3 Å². The summed E-state index contributed by atoms with van der Waals surface area (Å²) < 4.78 is 5.86. The van der Waals surface area contributed by atoms with Gasteiger partial charge in [-0.05, 0) is 23.8 Å². The van der Waals surface area contributed by atoms with Gasteiger partial charge in [0.2, 0.25) is 0 Å². The lowest BCUT2D eigenvalue weighted by atomic mass is 10.1. The number of fused-ring (bicyclic) bond motifs is 1. The molecule has 104 valence electrons. The Morgan fingerprint density at radius 1 is 1.20 bits per heavy atom. The number of rotatable bonds is 3. The highest BCUT2D eigenvalue weighted by atomic mass is 35.5. The van der Waals surface area contributed by atoms with Gasteiger partial charge in [-0.1, -0.05) is 41.4 Å². The number of hydrogen-bond acceptors (Lipinski definition) is 3. The molecule has 3 nitrogen and oxygen atoms in total. The highest BCUT2D eigenvalue weighted by Gasteiger charge is 2.22. The zero-order chi connectivity index (χ0) is 14.1. The molecule has 0 saturated carbocycles. The highest BCUT2D eigenvalue weighted by molar-refractivity contribution is 6.42. The summed E-state index contributed by atoms with van der Waals surface area (Å²) in [7, 11) is 0. The lowest BCUT2D eigenvalue weighted by Crippen LogP contribution is -2.24. The summed E-state index contributed by atoms with van der Waals surface area (Å²) in [5, 5.41) is 4.21. The molecule has 0 spiro atoms. The van der Waals surface area contributed by atoms with E-state index >= 15 is 0 Å². The largest absolute Gasteiger partial charge is 0.488 e. The molecule has 3 rings (SSSR count). The molecule has 0 bridgehead atoms. The minimum atomic E-state index is 0.0984. The third-order valence-electron chi connectivity index (χ3n) is 3.33. The van der Waals surface area contributed by atoms with E-state index in [2.05, 4.69) is 11.4 Å². The molecule has 1 unspecified atom stereocenters. The van der Waals surface area contributed by atoms with Gasteiger partial charge in [0.1, 0.15) is 11.9 Å². The Morgan fingerprint density at radius 3 is 2.75 bits per heavy atom. The van der Waals surface area contributed by atoms with Gasteiger partial charge in [0, 0.05) is 6.42 Å². The van der Waals surface area contributed by atoms with Crippen LogP contribution < -0.4 is 15.8 Å². The van der Waals surface area contributed by atoms with Crippen molar-refractivity contribution in [2.24, 2.45) is 0 Å². The number of para-hydroxylation sites is 1. The molecular weight excluding hydrogens is 295 g/mol. The van der Waals surface area contributed by atoms with E-state index < -0.39 is 0 Å². The topological polar surface area (TPSA) is 47.3 Å². The van der Waals surface area contributed by atoms with Crippen LogP contribution in [0.25, 0.3) is 0 Å². The van der Waals surface area contributed by atoms with Crippen LogP contribution in [0.3, 0.4) is 0 Å². The van der Waals surface area contributed by atoms with E-state index in [0.717, 1.165) is 17.9 Å². The Labute approximate surface area is 127 Å². The molecule has 20 heavy (non-hydrogen) atoms. The summed E-state index contributed by atoms with van der Waals surface area (Å²) in [5.41, 5.74) is 8.51. The molecule has 3 N–H and O–H groups in total. The normalized spacial score (nSPS) is 16.6. The van der Waals surface area contributed by atoms with Crippen molar-refractivity contribution in [3.63, 3.8) is 0 Å². The van der Waals surface area contributed by atoms with Crippen molar-refractivity contribution in [1.29, 1.82) is 0 Å². The second-order valence-electron chi connectivity index (χ2n) is 4.79. The van der Waals surface area contributed by atoms with E-state index in [1.165, 1.54) is 5.56 Å². The van der Waals surface area contributed by atoms with E-state index in [1.807, 2.05) is 18.2 Å². The van der Waals surface area contributed by atoms with Gasteiger partial charge in [-0.2, -0.15) is 0 Å². The summed E-state index contributed by atoms with van der Waals surface area (Å²) in [6, 6.07) is 11.5. The van der Waals surface area contributed by atoms with Crippen LogP contribution in [-0.4, -0.2) is 12.6 Å². The number of nitrogen functional groups attached to an aromatic ring is 1. The quantitative estimate of drug-likeness (QED) is 0.843. The minimum Gasteiger partial charge on any atom is -0.488 e. The molecule has 1 atom stereocenters. The standard InChI is InChI=1S/C15H14Cl2N2O/c16-11-6-13(18)14(7-12(11)17)19-8-10-5-9-3-1-2-4-15(9)20-10/h1-4,6-7,10,19H,5,8,18H2. The van der Waals surface area contributed by atoms with Gasteiger partial charge in [-0.3, -0.25) is 0 Å². The zero-order valence-corrected chi connectivity index (χ0v) is 12.2. The van der Waals surface area contributed by atoms with Crippen molar-refractivity contribution in [1.82, 2.24) is 0 Å². The first-order valence-electron chi connectivity index (χ1n) is 6.36. The number of hydrogen-bond donors (Lipinski definition) is 2. The van der Waals surface area contributed by atoms with Crippen molar-refractivity contribution in [3.8, 4) is 5.75 Å². The van der Waals surface area contributed by atoms with Gasteiger partial charge in [0.15, 0.2) is 0 Å². The molecule has 2 aromatic carbocycles. The van der Waals surface area contributed by atoms with Crippen LogP contribution in [0.1, 0.15) is 5.56 Å². The van der Waals surface area contributed by atoms with Crippen LogP contribution in [-0.2, 0) is 6.42 Å². The number of nitrogens with one attached hydrogen (secondary N) is 1. The number of nitrogens with two attached hydrogens (primary N) is 1. The molecule has 2 aromatic rings. The molecule has 0 fully saturated rings. The second-order valence-corrected chi connectivity index (χ2v) is 5.60. The first-order valence-corrected chi connectivity index (χ1v) is 7.12. The predicted molar refractivity (Wildman–Crippen MR) is 83.9 cm³/mol. The average Bonchev–Trinajstić information content (AvgIpc) is 2.84. The van der Waals surface area contributed by atoms with Gasteiger partial charge < -0.3 is 15.8 Å². The Morgan fingerprint density at radius 2 is 1.95 bits per heavy atom. The maximum Gasteiger partial charge on any atom is 0.123 e. The van der Waals surface area contributed by atoms with Crippen LogP contribution in [0.15, 0.2) is 36.4 Å². The Hall–Kier alpha value is -1.58. The molecule has 0 amide bonds. The first-order chi connectivity index (χ1) is 9.63. The fourth-order valence-corrected chi connectivity index (χ4v) is 2.64. The van der Waals surface area contributed by atoms with Crippen molar-refractivity contribution < 1.29 is 4.74 Å². The van der Waals surface area contributed by atoms with E-state index in [-0.39, 0.29) is 6.10 Å². The summed E-state index contributed by atoms with van der Waals surface area (Å²) >= 11 is 11.9. The van der Waals surface area contributed by atoms with Crippen molar-refractivity contribution in [2.75, 3.05) is 17.6 Å². The Kier molecular flexibility index (Phi) is 3.64. The summed E-state index contributed by atoms with van der Waals surface area (Å²) in [4.78, 5) is 0. The van der Waals surface area contributed by atoms with Crippen molar-refractivity contribution in [3.05, 3.63) is 52.0 Å². The molecule has 0 radical (unpaired) electrons. The fraction of sp³-hybridized carbons (Fsp3) is 0.200. The maximum absolute atomic E-state index is 6.00. The molecule has 0 aliphatic carbocycles. The molecule has 1 aliphatic rings. The molecular formula is C15H14Cl2N2O. The number of ether oxygens (including phenoxy) is 1. The SMILES string of the molecule is Nc1cc(Cl)c(Cl)cc1NCC1Cc2ccccc2O1. The monoisotopic (exact) mass is 308 g/mol. The molecule has 0 saturated heterocycles. The number of anilines is 2. The average molecular weight is 309 g/mol. The van der Waals surface area contributed by atoms with Gasteiger partial charge in [0.25, 0.3) is 0 Å². The van der Waals surface area contributed by atoms with Crippen molar-refractivity contribution in [2.45, 2.75) is 12.5 Å². The van der Waals surface area contributed by atoms with E-state index in [4.69, 9.17) is 33.7 Å². The van der Waals surface area contributed by atoms with Crippen LogP contribution in [0.2, 0.25) is 10.0 Å².